The second-order valence-corrected chi connectivity index (χ2v) is 6.42. The summed E-state index contributed by atoms with van der Waals surface area (Å²) < 4.78 is 0. The number of carbonyl (C=O) groups is 1. The van der Waals surface area contributed by atoms with E-state index in [-0.39, 0.29) is 5.91 Å². The maximum atomic E-state index is 11.1. The highest BCUT2D eigenvalue weighted by Gasteiger charge is 2.19. The van der Waals surface area contributed by atoms with E-state index in [4.69, 9.17) is 5.73 Å². The summed E-state index contributed by atoms with van der Waals surface area (Å²) in [5.41, 5.74) is 9.47. The molecule has 1 saturated heterocycles. The summed E-state index contributed by atoms with van der Waals surface area (Å²) in [5.74, 6) is -0.386. The van der Waals surface area contributed by atoms with Gasteiger partial charge in [0.1, 0.15) is 0 Å². The summed E-state index contributed by atoms with van der Waals surface area (Å²) in [5, 5.41) is 0. The molecule has 2 aromatic carbocycles. The molecule has 1 aliphatic heterocycles. The molecule has 0 spiro atoms. The van der Waals surface area contributed by atoms with Gasteiger partial charge in [0.15, 0.2) is 0 Å². The minimum Gasteiger partial charge on any atom is -0.366 e. The molecule has 2 aromatic rings. The number of carbonyl (C=O) groups excluding carboxylic acids is 1. The van der Waals surface area contributed by atoms with Gasteiger partial charge in [-0.15, -0.1) is 0 Å². The van der Waals surface area contributed by atoms with Crippen molar-refractivity contribution < 1.29 is 4.79 Å². The van der Waals surface area contributed by atoms with Gasteiger partial charge in [0, 0.05) is 18.2 Å². The Morgan fingerprint density at radius 1 is 1.09 bits per heavy atom. The van der Waals surface area contributed by atoms with Crippen LogP contribution in [0.25, 0.3) is 11.1 Å². The van der Waals surface area contributed by atoms with Crippen molar-refractivity contribution in [3.05, 3.63) is 59.7 Å². The van der Waals surface area contributed by atoms with Crippen molar-refractivity contribution in [1.29, 1.82) is 0 Å². The second kappa shape index (κ2) is 6.97. The first-order valence-electron chi connectivity index (χ1n) is 8.37. The number of benzene rings is 2. The smallest absolute Gasteiger partial charge is 0.248 e. The summed E-state index contributed by atoms with van der Waals surface area (Å²) in [6.45, 7) is 4.71. The zero-order valence-electron chi connectivity index (χ0n) is 13.7. The summed E-state index contributed by atoms with van der Waals surface area (Å²) in [6, 6.07) is 16.9. The van der Waals surface area contributed by atoms with Crippen molar-refractivity contribution in [3.63, 3.8) is 0 Å². The fourth-order valence-corrected chi connectivity index (χ4v) is 3.29. The molecule has 0 aliphatic carbocycles. The number of hydrogen-bond donors (Lipinski definition) is 1. The van der Waals surface area contributed by atoms with Crippen LogP contribution in [0, 0.1) is 0 Å². The molecule has 0 saturated carbocycles. The van der Waals surface area contributed by atoms with E-state index >= 15 is 0 Å². The molecule has 0 aromatic heterocycles. The highest BCUT2D eigenvalue weighted by molar-refractivity contribution is 5.93. The Labute approximate surface area is 138 Å². The van der Waals surface area contributed by atoms with Crippen LogP contribution >= 0.6 is 0 Å². The normalized spacial score (nSPS) is 18.2. The van der Waals surface area contributed by atoms with E-state index in [1.807, 2.05) is 12.1 Å². The van der Waals surface area contributed by atoms with Crippen LogP contribution in [0.3, 0.4) is 0 Å². The summed E-state index contributed by atoms with van der Waals surface area (Å²) in [6.07, 6.45) is 3.77. The zero-order chi connectivity index (χ0) is 16.2. The third-order valence-corrected chi connectivity index (χ3v) is 4.83. The molecule has 2 N–H and O–H groups in total. The second-order valence-electron chi connectivity index (χ2n) is 6.42. The van der Waals surface area contributed by atoms with Gasteiger partial charge in [-0.3, -0.25) is 4.79 Å². The van der Waals surface area contributed by atoms with Crippen molar-refractivity contribution in [2.45, 2.75) is 32.2 Å². The van der Waals surface area contributed by atoms with Crippen LogP contribution in [0.5, 0.6) is 0 Å². The van der Waals surface area contributed by atoms with Crippen LogP contribution in [0.2, 0.25) is 0 Å². The van der Waals surface area contributed by atoms with E-state index in [1.54, 1.807) is 12.1 Å². The van der Waals surface area contributed by atoms with E-state index in [0.29, 0.717) is 5.56 Å². The topological polar surface area (TPSA) is 46.3 Å². The van der Waals surface area contributed by atoms with Gasteiger partial charge >= 0.3 is 0 Å². The van der Waals surface area contributed by atoms with Crippen LogP contribution in [-0.4, -0.2) is 29.9 Å². The van der Waals surface area contributed by atoms with Gasteiger partial charge in [-0.05, 0) is 61.6 Å². The molecular formula is C20H24N2O. The van der Waals surface area contributed by atoms with Crippen LogP contribution in [0.1, 0.15) is 35.7 Å². The minimum absolute atomic E-state index is 0.386. The van der Waals surface area contributed by atoms with Crippen LogP contribution < -0.4 is 5.73 Å². The summed E-state index contributed by atoms with van der Waals surface area (Å²) in [4.78, 5) is 13.7. The molecule has 0 unspecified atom stereocenters. The lowest BCUT2D eigenvalue weighted by molar-refractivity contribution is 0.100. The maximum absolute atomic E-state index is 11.1. The molecule has 3 nitrogen and oxygen atoms in total. The van der Waals surface area contributed by atoms with Crippen LogP contribution in [-0.2, 0) is 6.42 Å². The number of rotatable bonds is 5. The molecular weight excluding hydrogens is 284 g/mol. The van der Waals surface area contributed by atoms with Gasteiger partial charge in [-0.25, -0.2) is 0 Å². The lowest BCUT2D eigenvalue weighted by Crippen LogP contribution is -2.28. The van der Waals surface area contributed by atoms with E-state index in [0.717, 1.165) is 24.6 Å². The van der Waals surface area contributed by atoms with Gasteiger partial charge in [-0.1, -0.05) is 36.4 Å². The molecule has 3 heteroatoms. The van der Waals surface area contributed by atoms with Crippen LogP contribution in [0.4, 0.5) is 0 Å². The molecule has 1 atom stereocenters. The Bertz CT molecular complexity index is 661. The van der Waals surface area contributed by atoms with Crippen molar-refractivity contribution in [1.82, 2.24) is 4.90 Å². The van der Waals surface area contributed by atoms with Crippen molar-refractivity contribution in [2.24, 2.45) is 5.73 Å². The van der Waals surface area contributed by atoms with Crippen molar-refractivity contribution in [3.8, 4) is 11.1 Å². The first kappa shape index (κ1) is 15.8. The summed E-state index contributed by atoms with van der Waals surface area (Å²) in [7, 11) is 0. The van der Waals surface area contributed by atoms with Gasteiger partial charge in [0.05, 0.1) is 0 Å². The highest BCUT2D eigenvalue weighted by atomic mass is 16.1. The number of likely N-dealkylation sites (tertiary alicyclic amines) is 1. The standard InChI is InChI=1S/C20H24N2O/c1-15-3-2-13-22(15)14-12-16-4-6-17(7-5-16)18-8-10-19(11-9-18)20(21)23/h4-11,15H,2-3,12-14H2,1H3,(H2,21,23)/t15-/m1/s1. The molecule has 1 aliphatic rings. The Kier molecular flexibility index (Phi) is 4.77. The molecule has 120 valence electrons. The molecule has 23 heavy (non-hydrogen) atoms. The van der Waals surface area contributed by atoms with E-state index in [1.165, 1.54) is 30.5 Å². The van der Waals surface area contributed by atoms with Gasteiger partial charge < -0.3 is 10.6 Å². The Balaban J connectivity index is 1.63. The minimum atomic E-state index is -0.386. The molecule has 0 bridgehead atoms. The van der Waals surface area contributed by atoms with Crippen molar-refractivity contribution in [2.75, 3.05) is 13.1 Å². The zero-order valence-corrected chi connectivity index (χ0v) is 13.7. The fraction of sp³-hybridized carbons (Fsp3) is 0.350. The number of primary amides is 1. The first-order chi connectivity index (χ1) is 11.1. The number of amides is 1. The Morgan fingerprint density at radius 3 is 2.22 bits per heavy atom. The largest absolute Gasteiger partial charge is 0.366 e. The van der Waals surface area contributed by atoms with E-state index in [2.05, 4.69) is 36.1 Å². The van der Waals surface area contributed by atoms with Gasteiger partial charge in [0.25, 0.3) is 0 Å². The SMILES string of the molecule is C[C@@H]1CCCN1CCc1ccc(-c2ccc(C(N)=O)cc2)cc1. The maximum Gasteiger partial charge on any atom is 0.248 e. The van der Waals surface area contributed by atoms with Gasteiger partial charge in [0.2, 0.25) is 5.91 Å². The lowest BCUT2D eigenvalue weighted by atomic mass is 10.0. The Morgan fingerprint density at radius 2 is 1.70 bits per heavy atom. The number of hydrogen-bond acceptors (Lipinski definition) is 2. The molecule has 0 radical (unpaired) electrons. The molecule has 1 heterocycles. The third-order valence-electron chi connectivity index (χ3n) is 4.83. The molecule has 1 amide bonds. The monoisotopic (exact) mass is 308 g/mol. The highest BCUT2D eigenvalue weighted by Crippen LogP contribution is 2.21. The quantitative estimate of drug-likeness (QED) is 0.919. The molecule has 1 fully saturated rings. The number of nitrogens with zero attached hydrogens (tertiary/aromatic N) is 1. The molecule has 3 rings (SSSR count). The predicted octanol–water partition coefficient (Wildman–Crippen LogP) is 3.48. The predicted molar refractivity (Wildman–Crippen MR) is 94.4 cm³/mol. The van der Waals surface area contributed by atoms with Crippen molar-refractivity contribution >= 4 is 5.91 Å². The average Bonchev–Trinajstić information content (AvgIpc) is 2.99. The summed E-state index contributed by atoms with van der Waals surface area (Å²) >= 11 is 0. The van der Waals surface area contributed by atoms with Crippen LogP contribution in [0.15, 0.2) is 48.5 Å². The first-order valence-corrected chi connectivity index (χ1v) is 8.37. The fourth-order valence-electron chi connectivity index (χ4n) is 3.29. The van der Waals surface area contributed by atoms with E-state index in [9.17, 15) is 4.79 Å². The Hall–Kier alpha value is -2.13. The van der Waals surface area contributed by atoms with E-state index < -0.39 is 0 Å². The average molecular weight is 308 g/mol. The lowest BCUT2D eigenvalue weighted by Gasteiger charge is -2.20. The third kappa shape index (κ3) is 3.80. The van der Waals surface area contributed by atoms with Gasteiger partial charge in [-0.2, -0.15) is 0 Å². The number of nitrogens with two attached hydrogens (primary N) is 1.